The smallest absolute Gasteiger partial charge is 0.225 e. The van der Waals surface area contributed by atoms with E-state index in [0.29, 0.717) is 30.4 Å². The molecule has 28 heavy (non-hydrogen) atoms. The quantitative estimate of drug-likeness (QED) is 0.561. The Bertz CT molecular complexity index is 1000. The third-order valence-corrected chi connectivity index (χ3v) is 5.70. The largest absolute Gasteiger partial charge is 0.389 e. The van der Waals surface area contributed by atoms with Crippen molar-refractivity contribution in [3.63, 3.8) is 0 Å². The summed E-state index contributed by atoms with van der Waals surface area (Å²) in [7, 11) is 0. The summed E-state index contributed by atoms with van der Waals surface area (Å²) in [6.45, 7) is 2.95. The summed E-state index contributed by atoms with van der Waals surface area (Å²) in [4.78, 5) is 16.1. The lowest BCUT2D eigenvalue weighted by atomic mass is 9.79. The number of aromatic amines is 1. The predicted molar refractivity (Wildman–Crippen MR) is 106 cm³/mol. The van der Waals surface area contributed by atoms with Crippen molar-refractivity contribution < 1.29 is 14.3 Å². The van der Waals surface area contributed by atoms with Crippen molar-refractivity contribution in [3.05, 3.63) is 71.2 Å². The fourth-order valence-electron chi connectivity index (χ4n) is 4.20. The van der Waals surface area contributed by atoms with Crippen molar-refractivity contribution >= 4 is 16.8 Å². The molecule has 0 unspecified atom stereocenters. The van der Waals surface area contributed by atoms with E-state index in [1.165, 1.54) is 6.07 Å². The molecule has 2 atom stereocenters. The maximum atomic E-state index is 14.1. The second kappa shape index (κ2) is 7.37. The van der Waals surface area contributed by atoms with Gasteiger partial charge >= 0.3 is 0 Å². The molecule has 1 aliphatic heterocycles. The summed E-state index contributed by atoms with van der Waals surface area (Å²) < 4.78 is 14.1. The second-order valence-corrected chi connectivity index (χ2v) is 7.42. The molecule has 2 aromatic carbocycles. The van der Waals surface area contributed by atoms with E-state index in [4.69, 9.17) is 0 Å². The highest BCUT2D eigenvalue weighted by Gasteiger charge is 2.42. The van der Waals surface area contributed by atoms with Gasteiger partial charge in [0.15, 0.2) is 0 Å². The molecule has 4 rings (SSSR count). The zero-order valence-electron chi connectivity index (χ0n) is 15.8. The van der Waals surface area contributed by atoms with Crippen LogP contribution in [0.5, 0.6) is 0 Å². The molecule has 1 fully saturated rings. The van der Waals surface area contributed by atoms with Gasteiger partial charge in [-0.05, 0) is 37.1 Å². The minimum absolute atomic E-state index is 0.115. The van der Waals surface area contributed by atoms with E-state index in [2.05, 4.69) is 15.6 Å². The number of aryl methyl sites for hydroxylation is 1. The van der Waals surface area contributed by atoms with Crippen LogP contribution >= 0.6 is 0 Å². The molecule has 0 radical (unpaired) electrons. The van der Waals surface area contributed by atoms with Gasteiger partial charge in [0.05, 0.1) is 23.6 Å². The van der Waals surface area contributed by atoms with E-state index in [1.54, 1.807) is 6.07 Å². The molecule has 4 N–H and O–H groups in total. The summed E-state index contributed by atoms with van der Waals surface area (Å²) in [6, 6.07) is 14.5. The number of hydrogen-bond acceptors (Lipinski definition) is 3. The Labute approximate surface area is 163 Å². The number of halogens is 1. The zero-order valence-corrected chi connectivity index (χ0v) is 15.8. The lowest BCUT2D eigenvalue weighted by Gasteiger charge is -2.43. The molecule has 1 aliphatic rings. The monoisotopic (exact) mass is 381 g/mol. The lowest BCUT2D eigenvalue weighted by molar-refractivity contribution is -0.125. The van der Waals surface area contributed by atoms with Gasteiger partial charge in [-0.15, -0.1) is 0 Å². The third-order valence-electron chi connectivity index (χ3n) is 5.70. The Morgan fingerprint density at radius 1 is 1.25 bits per heavy atom. The Hall–Kier alpha value is -2.70. The van der Waals surface area contributed by atoms with E-state index < -0.39 is 11.6 Å². The van der Waals surface area contributed by atoms with E-state index >= 15 is 0 Å². The molecular formula is C22H24FN3O2. The number of H-pyrrole nitrogens is 1. The fourth-order valence-corrected chi connectivity index (χ4v) is 4.20. The van der Waals surface area contributed by atoms with E-state index in [0.717, 1.165) is 16.8 Å². The van der Waals surface area contributed by atoms with Gasteiger partial charge in [-0.3, -0.25) is 4.79 Å². The molecule has 0 spiro atoms. The first-order valence-corrected chi connectivity index (χ1v) is 9.52. The summed E-state index contributed by atoms with van der Waals surface area (Å²) in [5, 5.41) is 17.8. The van der Waals surface area contributed by atoms with Gasteiger partial charge in [0.25, 0.3) is 0 Å². The minimum atomic E-state index is -0.838. The van der Waals surface area contributed by atoms with Crippen molar-refractivity contribution in [1.82, 2.24) is 15.6 Å². The topological polar surface area (TPSA) is 77.2 Å². The number of amides is 1. The Kier molecular flexibility index (Phi) is 4.91. The Morgan fingerprint density at radius 2 is 2.04 bits per heavy atom. The van der Waals surface area contributed by atoms with Crippen LogP contribution in [-0.4, -0.2) is 35.2 Å². The van der Waals surface area contributed by atoms with Gasteiger partial charge in [-0.25, -0.2) is 4.39 Å². The number of para-hydroxylation sites is 1. The standard InChI is InChI=1S/C22H24FN3O2/c1-14-17(16-8-5-9-18(23)21(16)25-14)12-20(28)26-22(10-11-24-13-19(22)27)15-6-3-2-4-7-15/h2-9,19,24-25,27H,10-13H2,1H3,(H,26,28)/t19-,22-/m1/s1. The van der Waals surface area contributed by atoms with Gasteiger partial charge < -0.3 is 20.7 Å². The number of fused-ring (bicyclic) bond motifs is 1. The molecule has 0 bridgehead atoms. The molecule has 1 saturated heterocycles. The molecule has 0 saturated carbocycles. The number of nitrogens with one attached hydrogen (secondary N) is 3. The summed E-state index contributed by atoms with van der Waals surface area (Å²) >= 11 is 0. The van der Waals surface area contributed by atoms with Gasteiger partial charge in [0.2, 0.25) is 5.91 Å². The van der Waals surface area contributed by atoms with Crippen LogP contribution in [0.2, 0.25) is 0 Å². The van der Waals surface area contributed by atoms with Crippen LogP contribution < -0.4 is 10.6 Å². The van der Waals surface area contributed by atoms with Crippen molar-refractivity contribution in [1.29, 1.82) is 0 Å². The van der Waals surface area contributed by atoms with Gasteiger partial charge in [0.1, 0.15) is 5.82 Å². The normalized spacial score (nSPS) is 22.3. The first-order chi connectivity index (χ1) is 13.5. The van der Waals surface area contributed by atoms with Crippen LogP contribution in [0, 0.1) is 12.7 Å². The van der Waals surface area contributed by atoms with Gasteiger partial charge in [0, 0.05) is 17.6 Å². The lowest BCUT2D eigenvalue weighted by Crippen LogP contribution is -2.61. The van der Waals surface area contributed by atoms with Crippen molar-refractivity contribution in [3.8, 4) is 0 Å². The highest BCUT2D eigenvalue weighted by Crippen LogP contribution is 2.32. The second-order valence-electron chi connectivity index (χ2n) is 7.42. The van der Waals surface area contributed by atoms with E-state index in [1.807, 2.05) is 43.3 Å². The molecular weight excluding hydrogens is 357 g/mol. The molecule has 0 aliphatic carbocycles. The van der Waals surface area contributed by atoms with E-state index in [9.17, 15) is 14.3 Å². The van der Waals surface area contributed by atoms with Crippen LogP contribution in [0.15, 0.2) is 48.5 Å². The summed E-state index contributed by atoms with van der Waals surface area (Å²) in [5.74, 6) is -0.528. The van der Waals surface area contributed by atoms with Gasteiger partial charge in [-0.2, -0.15) is 0 Å². The van der Waals surface area contributed by atoms with Crippen molar-refractivity contribution in [2.24, 2.45) is 0 Å². The molecule has 146 valence electrons. The van der Waals surface area contributed by atoms with E-state index in [-0.39, 0.29) is 18.1 Å². The third kappa shape index (κ3) is 3.19. The number of carbonyl (C=O) groups is 1. The molecule has 5 nitrogen and oxygen atoms in total. The average Bonchev–Trinajstić information content (AvgIpc) is 3.01. The number of β-amino-alcohol motifs (C(OH)–C–C–N with tert-alkyl or cyclic N) is 1. The highest BCUT2D eigenvalue weighted by molar-refractivity contribution is 5.90. The zero-order chi connectivity index (χ0) is 19.7. The number of piperidine rings is 1. The maximum Gasteiger partial charge on any atom is 0.225 e. The maximum absolute atomic E-state index is 14.1. The molecule has 2 heterocycles. The number of benzene rings is 2. The average molecular weight is 381 g/mol. The summed E-state index contributed by atoms with van der Waals surface area (Å²) in [6.07, 6.45) is -0.0378. The van der Waals surface area contributed by atoms with Gasteiger partial charge in [-0.1, -0.05) is 42.5 Å². The first-order valence-electron chi connectivity index (χ1n) is 9.52. The number of hydrogen-bond donors (Lipinski definition) is 4. The van der Waals surface area contributed by atoms with Crippen LogP contribution in [0.3, 0.4) is 0 Å². The first kappa shape index (κ1) is 18.7. The molecule has 1 amide bonds. The predicted octanol–water partition coefficient (Wildman–Crippen LogP) is 2.52. The number of aliphatic hydroxyl groups excluding tert-OH is 1. The molecule has 1 aromatic heterocycles. The van der Waals surface area contributed by atoms with Crippen molar-refractivity contribution in [2.75, 3.05) is 13.1 Å². The van der Waals surface area contributed by atoms with Crippen LogP contribution in [0.4, 0.5) is 4.39 Å². The number of aromatic nitrogens is 1. The number of carbonyl (C=O) groups excluding carboxylic acids is 1. The molecule has 6 heteroatoms. The Morgan fingerprint density at radius 3 is 2.79 bits per heavy atom. The Balaban J connectivity index is 1.65. The fraction of sp³-hybridized carbons (Fsp3) is 0.318. The number of rotatable bonds is 4. The van der Waals surface area contributed by atoms with Crippen LogP contribution in [-0.2, 0) is 16.8 Å². The summed E-state index contributed by atoms with van der Waals surface area (Å²) in [5.41, 5.74) is 2.02. The van der Waals surface area contributed by atoms with Crippen LogP contribution in [0.1, 0.15) is 23.2 Å². The SMILES string of the molecule is Cc1[nH]c2c(F)cccc2c1CC(=O)N[C@@]1(c2ccccc2)CCNC[C@H]1O. The number of aliphatic hydroxyl groups is 1. The minimum Gasteiger partial charge on any atom is -0.389 e. The highest BCUT2D eigenvalue weighted by atomic mass is 19.1. The molecule has 3 aromatic rings. The van der Waals surface area contributed by atoms with Crippen molar-refractivity contribution in [2.45, 2.75) is 31.4 Å². The van der Waals surface area contributed by atoms with Crippen LogP contribution in [0.25, 0.3) is 10.9 Å².